The van der Waals surface area contributed by atoms with Crippen LogP contribution in [-0.2, 0) is 33.6 Å². The molecule has 0 bridgehead atoms. The van der Waals surface area contributed by atoms with Crippen LogP contribution in [0.1, 0.15) is 36.5 Å². The molecule has 1 aromatic heterocycles. The largest absolute Gasteiger partial charge is 0.453 e. The lowest BCUT2D eigenvalue weighted by molar-refractivity contribution is -0.153. The Morgan fingerprint density at radius 2 is 2.08 bits per heavy atom. The van der Waals surface area contributed by atoms with Crippen molar-refractivity contribution in [2.24, 2.45) is 0 Å². The van der Waals surface area contributed by atoms with Gasteiger partial charge in [-0.05, 0) is 78.3 Å². The van der Waals surface area contributed by atoms with Gasteiger partial charge < -0.3 is 10.1 Å². The summed E-state index contributed by atoms with van der Waals surface area (Å²) in [6, 6.07) is 7.98. The van der Waals surface area contributed by atoms with Crippen LogP contribution in [-0.4, -0.2) is 18.0 Å². The predicted molar refractivity (Wildman–Crippen MR) is 95.3 cm³/mol. The molecule has 0 radical (unpaired) electrons. The summed E-state index contributed by atoms with van der Waals surface area (Å²) in [6.07, 6.45) is 3.47. The Balaban J connectivity index is 1.48. The van der Waals surface area contributed by atoms with Gasteiger partial charge in [-0.25, -0.2) is 0 Å². The monoisotopic (exact) mass is 343 g/mol. The van der Waals surface area contributed by atoms with Crippen molar-refractivity contribution in [3.8, 4) is 0 Å². The average Bonchev–Trinajstić information content (AvgIpc) is 3.23. The van der Waals surface area contributed by atoms with Crippen molar-refractivity contribution in [2.75, 3.05) is 5.32 Å². The van der Waals surface area contributed by atoms with Crippen LogP contribution in [0.4, 0.5) is 5.69 Å². The molecule has 4 nitrogen and oxygen atoms in total. The van der Waals surface area contributed by atoms with Crippen molar-refractivity contribution in [3.05, 3.63) is 51.7 Å². The number of thiophene rings is 1. The van der Waals surface area contributed by atoms with Crippen molar-refractivity contribution in [3.63, 3.8) is 0 Å². The number of benzene rings is 1. The first-order valence-corrected chi connectivity index (χ1v) is 9.19. The van der Waals surface area contributed by atoms with E-state index in [1.54, 1.807) is 18.3 Å². The van der Waals surface area contributed by atoms with Gasteiger partial charge >= 0.3 is 5.97 Å². The van der Waals surface area contributed by atoms with Gasteiger partial charge in [0.2, 0.25) is 0 Å². The number of amides is 1. The number of esters is 1. The van der Waals surface area contributed by atoms with Crippen molar-refractivity contribution in [2.45, 2.75) is 45.1 Å². The van der Waals surface area contributed by atoms with E-state index in [1.165, 1.54) is 17.5 Å². The Labute approximate surface area is 145 Å². The van der Waals surface area contributed by atoms with Crippen LogP contribution in [0, 0.1) is 0 Å². The fourth-order valence-electron chi connectivity index (χ4n) is 2.88. The molecule has 1 aliphatic carbocycles. The summed E-state index contributed by atoms with van der Waals surface area (Å²) in [4.78, 5) is 24.1. The van der Waals surface area contributed by atoms with Crippen LogP contribution < -0.4 is 5.32 Å². The van der Waals surface area contributed by atoms with Crippen molar-refractivity contribution in [1.29, 1.82) is 0 Å². The van der Waals surface area contributed by atoms with Crippen LogP contribution in [0.15, 0.2) is 35.0 Å². The first-order valence-electron chi connectivity index (χ1n) is 8.25. The van der Waals surface area contributed by atoms with E-state index in [9.17, 15) is 9.59 Å². The number of hydrogen-bond acceptors (Lipinski definition) is 4. The highest BCUT2D eigenvalue weighted by Crippen LogP contribution is 2.25. The second kappa shape index (κ2) is 7.62. The third-order valence-corrected chi connectivity index (χ3v) is 4.97. The Morgan fingerprint density at radius 3 is 2.88 bits per heavy atom. The molecule has 0 saturated heterocycles. The summed E-state index contributed by atoms with van der Waals surface area (Å²) in [5.74, 6) is -0.644. The molecule has 1 aliphatic rings. The van der Waals surface area contributed by atoms with Crippen LogP contribution >= 0.6 is 11.3 Å². The van der Waals surface area contributed by atoms with Crippen LogP contribution in [0.3, 0.4) is 0 Å². The summed E-state index contributed by atoms with van der Waals surface area (Å²) in [6.45, 7) is 1.60. The summed E-state index contributed by atoms with van der Waals surface area (Å²) >= 11 is 1.60. The number of carbonyl (C=O) groups is 2. The number of fused-ring (bicyclic) bond motifs is 1. The zero-order valence-electron chi connectivity index (χ0n) is 13.7. The molecule has 5 heteroatoms. The molecule has 1 heterocycles. The van der Waals surface area contributed by atoms with Gasteiger partial charge in [-0.3, -0.25) is 9.59 Å². The van der Waals surface area contributed by atoms with Crippen LogP contribution in [0.5, 0.6) is 0 Å². The number of rotatable bonds is 6. The summed E-state index contributed by atoms with van der Waals surface area (Å²) in [5, 5.41) is 6.82. The van der Waals surface area contributed by atoms with Crippen molar-refractivity contribution < 1.29 is 14.3 Å². The molecule has 1 atom stereocenters. The SMILES string of the molecule is C[C@@H](OC(=O)CCc1ccsc1)C(=O)Nc1ccc2c(c1)CCC2. The highest BCUT2D eigenvalue weighted by Gasteiger charge is 2.19. The minimum atomic E-state index is -0.798. The zero-order valence-corrected chi connectivity index (χ0v) is 14.5. The molecule has 2 aromatic rings. The number of ether oxygens (including phenoxy) is 1. The molecule has 3 rings (SSSR count). The lowest BCUT2D eigenvalue weighted by Gasteiger charge is -2.14. The Kier molecular flexibility index (Phi) is 5.30. The molecule has 0 fully saturated rings. The molecule has 1 amide bonds. The molecule has 24 heavy (non-hydrogen) atoms. The van der Waals surface area contributed by atoms with Gasteiger partial charge in [0, 0.05) is 12.1 Å². The topological polar surface area (TPSA) is 55.4 Å². The standard InChI is InChI=1S/C19H21NO3S/c1-13(23-18(21)8-5-14-9-10-24-12-14)19(22)20-17-7-6-15-3-2-4-16(15)11-17/h6-7,9-13H,2-5,8H2,1H3,(H,20,22)/t13-/m1/s1. The van der Waals surface area contributed by atoms with E-state index in [4.69, 9.17) is 4.74 Å². The van der Waals surface area contributed by atoms with Gasteiger partial charge in [-0.1, -0.05) is 6.07 Å². The number of anilines is 1. The lowest BCUT2D eigenvalue weighted by Crippen LogP contribution is -2.30. The Morgan fingerprint density at radius 1 is 1.25 bits per heavy atom. The Bertz CT molecular complexity index is 724. The predicted octanol–water partition coefficient (Wildman–Crippen LogP) is 3.74. The lowest BCUT2D eigenvalue weighted by atomic mass is 10.1. The second-order valence-electron chi connectivity index (χ2n) is 6.09. The smallest absolute Gasteiger partial charge is 0.306 e. The summed E-state index contributed by atoms with van der Waals surface area (Å²) in [7, 11) is 0. The average molecular weight is 343 g/mol. The molecular weight excluding hydrogens is 322 g/mol. The summed E-state index contributed by atoms with van der Waals surface area (Å²) in [5.41, 5.74) is 4.54. The molecule has 126 valence electrons. The van der Waals surface area contributed by atoms with E-state index in [0.29, 0.717) is 6.42 Å². The van der Waals surface area contributed by atoms with Crippen LogP contribution in [0.2, 0.25) is 0 Å². The number of nitrogens with one attached hydrogen (secondary N) is 1. The highest BCUT2D eigenvalue weighted by molar-refractivity contribution is 7.07. The van der Waals surface area contributed by atoms with Gasteiger partial charge in [0.1, 0.15) is 0 Å². The molecule has 0 saturated carbocycles. The van der Waals surface area contributed by atoms with Crippen molar-refractivity contribution in [1.82, 2.24) is 0 Å². The fourth-order valence-corrected chi connectivity index (χ4v) is 3.59. The maximum absolute atomic E-state index is 12.2. The van der Waals surface area contributed by atoms with Crippen molar-refractivity contribution >= 4 is 28.9 Å². The van der Waals surface area contributed by atoms with E-state index >= 15 is 0 Å². The van der Waals surface area contributed by atoms with Crippen LogP contribution in [0.25, 0.3) is 0 Å². The normalized spacial score (nSPS) is 14.0. The molecule has 0 aliphatic heterocycles. The third-order valence-electron chi connectivity index (χ3n) is 4.24. The van der Waals surface area contributed by atoms with Gasteiger partial charge in [0.25, 0.3) is 5.91 Å². The number of carbonyl (C=O) groups excluding carboxylic acids is 2. The maximum atomic E-state index is 12.2. The van der Waals surface area contributed by atoms with Gasteiger partial charge in [-0.2, -0.15) is 11.3 Å². The van der Waals surface area contributed by atoms with E-state index in [-0.39, 0.29) is 18.3 Å². The molecule has 1 aromatic carbocycles. The van der Waals surface area contributed by atoms with Gasteiger partial charge in [0.15, 0.2) is 6.10 Å². The molecule has 1 N–H and O–H groups in total. The summed E-state index contributed by atoms with van der Waals surface area (Å²) < 4.78 is 5.23. The van der Waals surface area contributed by atoms with E-state index in [2.05, 4.69) is 11.4 Å². The zero-order chi connectivity index (χ0) is 16.9. The second-order valence-corrected chi connectivity index (χ2v) is 6.87. The molecular formula is C19H21NO3S. The highest BCUT2D eigenvalue weighted by atomic mass is 32.1. The van der Waals surface area contributed by atoms with Gasteiger partial charge in [0.05, 0.1) is 0 Å². The van der Waals surface area contributed by atoms with E-state index in [0.717, 1.165) is 24.1 Å². The first kappa shape index (κ1) is 16.7. The minimum Gasteiger partial charge on any atom is -0.453 e. The molecule has 0 spiro atoms. The number of hydrogen-bond donors (Lipinski definition) is 1. The van der Waals surface area contributed by atoms with E-state index in [1.807, 2.05) is 29.0 Å². The molecule has 0 unspecified atom stereocenters. The van der Waals surface area contributed by atoms with E-state index < -0.39 is 6.10 Å². The third kappa shape index (κ3) is 4.23. The Hall–Kier alpha value is -2.14. The minimum absolute atomic E-state index is 0.285. The number of aryl methyl sites for hydroxylation is 3. The fraction of sp³-hybridized carbons (Fsp3) is 0.368. The van der Waals surface area contributed by atoms with Gasteiger partial charge in [-0.15, -0.1) is 0 Å². The quantitative estimate of drug-likeness (QED) is 0.813. The maximum Gasteiger partial charge on any atom is 0.306 e. The first-order chi connectivity index (χ1) is 11.6.